The van der Waals surface area contributed by atoms with Gasteiger partial charge in [-0.3, -0.25) is 9.40 Å². The summed E-state index contributed by atoms with van der Waals surface area (Å²) in [6.07, 6.45) is 0. The molecular formula is C12H16N4O2S. The summed E-state index contributed by atoms with van der Waals surface area (Å²) in [6.45, 7) is 1.80. The van der Waals surface area contributed by atoms with Gasteiger partial charge in [0.15, 0.2) is 0 Å². The van der Waals surface area contributed by atoms with E-state index in [1.54, 1.807) is 51.4 Å². The molecule has 7 heteroatoms. The Hall–Kier alpha value is -2.02. The van der Waals surface area contributed by atoms with Gasteiger partial charge in [0.1, 0.15) is 10.7 Å². The van der Waals surface area contributed by atoms with Crippen LogP contribution in [-0.4, -0.2) is 25.2 Å². The molecule has 0 amide bonds. The summed E-state index contributed by atoms with van der Waals surface area (Å²) < 4.78 is 28.7. The Bertz CT molecular complexity index is 692. The quantitative estimate of drug-likeness (QED) is 0.891. The van der Waals surface area contributed by atoms with Gasteiger partial charge in [0.05, 0.1) is 11.4 Å². The van der Waals surface area contributed by atoms with Crippen LogP contribution in [0.2, 0.25) is 0 Å². The number of anilines is 2. The third-order valence-corrected chi connectivity index (χ3v) is 4.10. The first kappa shape index (κ1) is 13.4. The van der Waals surface area contributed by atoms with Gasteiger partial charge in [-0.2, -0.15) is 5.10 Å². The molecule has 0 bridgehead atoms. The van der Waals surface area contributed by atoms with Gasteiger partial charge in [-0.05, 0) is 19.1 Å². The Kier molecular flexibility index (Phi) is 3.48. The maximum atomic E-state index is 12.4. The van der Waals surface area contributed by atoms with E-state index in [2.05, 4.69) is 15.1 Å². The Morgan fingerprint density at radius 3 is 2.53 bits per heavy atom. The van der Waals surface area contributed by atoms with Crippen LogP contribution in [0.5, 0.6) is 0 Å². The fourth-order valence-electron chi connectivity index (χ4n) is 1.81. The molecule has 0 aliphatic carbocycles. The fraction of sp³-hybridized carbons (Fsp3) is 0.250. The van der Waals surface area contributed by atoms with Crippen molar-refractivity contribution in [3.8, 4) is 0 Å². The lowest BCUT2D eigenvalue weighted by atomic mass is 10.3. The second-order valence-electron chi connectivity index (χ2n) is 4.15. The lowest BCUT2D eigenvalue weighted by molar-refractivity contribution is 0.600. The smallest absolute Gasteiger partial charge is 0.265 e. The van der Waals surface area contributed by atoms with Crippen molar-refractivity contribution >= 4 is 21.5 Å². The van der Waals surface area contributed by atoms with Crippen molar-refractivity contribution in [1.82, 2.24) is 9.78 Å². The molecule has 6 nitrogen and oxygen atoms in total. The molecule has 1 aromatic heterocycles. The highest BCUT2D eigenvalue weighted by Gasteiger charge is 2.19. The van der Waals surface area contributed by atoms with E-state index >= 15 is 0 Å². The second-order valence-corrected chi connectivity index (χ2v) is 5.80. The molecule has 2 N–H and O–H groups in total. The highest BCUT2D eigenvalue weighted by Crippen LogP contribution is 2.23. The highest BCUT2D eigenvalue weighted by atomic mass is 32.2. The summed E-state index contributed by atoms with van der Waals surface area (Å²) in [5.41, 5.74) is 1.30. The van der Waals surface area contributed by atoms with E-state index in [1.165, 1.54) is 4.68 Å². The summed E-state index contributed by atoms with van der Waals surface area (Å²) in [5, 5.41) is 6.97. The van der Waals surface area contributed by atoms with Gasteiger partial charge in [0, 0.05) is 20.2 Å². The Balaban J connectivity index is 2.40. The minimum atomic E-state index is -3.64. The van der Waals surface area contributed by atoms with Crippen LogP contribution in [-0.2, 0) is 17.1 Å². The number of sulfonamides is 1. The van der Waals surface area contributed by atoms with Gasteiger partial charge in [-0.25, -0.2) is 8.42 Å². The fourth-order valence-corrected chi connectivity index (χ4v) is 3.10. The summed E-state index contributed by atoms with van der Waals surface area (Å²) in [5.74, 6) is 0.434. The van der Waals surface area contributed by atoms with Gasteiger partial charge in [0.25, 0.3) is 10.0 Å². The van der Waals surface area contributed by atoms with Gasteiger partial charge in [0.2, 0.25) is 0 Å². The molecule has 2 rings (SSSR count). The van der Waals surface area contributed by atoms with E-state index in [9.17, 15) is 8.42 Å². The zero-order valence-electron chi connectivity index (χ0n) is 11.0. The number of nitrogens with zero attached hydrogens (tertiary/aromatic N) is 2. The second kappa shape index (κ2) is 4.93. The molecule has 1 aromatic carbocycles. The van der Waals surface area contributed by atoms with E-state index in [0.29, 0.717) is 11.5 Å². The first-order valence-electron chi connectivity index (χ1n) is 5.74. The van der Waals surface area contributed by atoms with E-state index in [-0.39, 0.29) is 4.90 Å². The number of rotatable bonds is 4. The number of hydrogen-bond donors (Lipinski definition) is 2. The van der Waals surface area contributed by atoms with Crippen LogP contribution in [0.15, 0.2) is 35.2 Å². The maximum absolute atomic E-state index is 12.4. The molecule has 2 aromatic rings. The molecular weight excluding hydrogens is 264 g/mol. The normalized spacial score (nSPS) is 11.3. The van der Waals surface area contributed by atoms with Gasteiger partial charge in [-0.1, -0.05) is 12.1 Å². The van der Waals surface area contributed by atoms with Gasteiger partial charge >= 0.3 is 0 Å². The van der Waals surface area contributed by atoms with Crippen molar-refractivity contribution in [3.05, 3.63) is 36.0 Å². The van der Waals surface area contributed by atoms with Crippen molar-refractivity contribution in [2.24, 2.45) is 7.05 Å². The molecule has 0 aliphatic rings. The summed E-state index contributed by atoms with van der Waals surface area (Å²) in [7, 11) is -0.266. The van der Waals surface area contributed by atoms with E-state index in [1.807, 2.05) is 0 Å². The number of aromatic nitrogens is 2. The molecule has 19 heavy (non-hydrogen) atoms. The van der Waals surface area contributed by atoms with Crippen molar-refractivity contribution in [2.75, 3.05) is 17.1 Å². The number of aryl methyl sites for hydroxylation is 2. The average Bonchev–Trinajstić information content (AvgIpc) is 2.67. The van der Waals surface area contributed by atoms with E-state index < -0.39 is 10.0 Å². The van der Waals surface area contributed by atoms with E-state index in [0.717, 1.165) is 5.69 Å². The van der Waals surface area contributed by atoms with Crippen LogP contribution in [0, 0.1) is 6.92 Å². The zero-order valence-corrected chi connectivity index (χ0v) is 11.8. The van der Waals surface area contributed by atoms with Crippen LogP contribution in [0.1, 0.15) is 5.69 Å². The average molecular weight is 280 g/mol. The zero-order chi connectivity index (χ0) is 14.0. The Morgan fingerprint density at radius 1 is 1.26 bits per heavy atom. The van der Waals surface area contributed by atoms with Gasteiger partial charge < -0.3 is 5.32 Å². The lowest BCUT2D eigenvalue weighted by Crippen LogP contribution is -2.16. The lowest BCUT2D eigenvalue weighted by Gasteiger charge is -2.11. The predicted octanol–water partition coefficient (Wildman–Crippen LogP) is 1.57. The molecule has 0 atom stereocenters. The van der Waals surface area contributed by atoms with Crippen molar-refractivity contribution in [1.29, 1.82) is 0 Å². The molecule has 0 radical (unpaired) electrons. The minimum absolute atomic E-state index is 0.205. The Morgan fingerprint density at radius 2 is 1.95 bits per heavy atom. The Labute approximate surface area is 112 Å². The van der Waals surface area contributed by atoms with E-state index in [4.69, 9.17) is 0 Å². The first-order valence-corrected chi connectivity index (χ1v) is 7.22. The minimum Gasteiger partial charge on any atom is -0.387 e. The van der Waals surface area contributed by atoms with Crippen LogP contribution in [0.3, 0.4) is 0 Å². The van der Waals surface area contributed by atoms with Crippen LogP contribution in [0.25, 0.3) is 0 Å². The maximum Gasteiger partial charge on any atom is 0.265 e. The van der Waals surface area contributed by atoms with Crippen molar-refractivity contribution in [3.63, 3.8) is 0 Å². The monoisotopic (exact) mass is 280 g/mol. The molecule has 0 saturated heterocycles. The predicted molar refractivity (Wildman–Crippen MR) is 74.7 cm³/mol. The molecule has 102 valence electrons. The molecule has 0 spiro atoms. The van der Waals surface area contributed by atoms with Crippen LogP contribution < -0.4 is 10.0 Å². The number of nitrogens with one attached hydrogen (secondary N) is 2. The third kappa shape index (κ3) is 2.70. The van der Waals surface area contributed by atoms with Crippen molar-refractivity contribution < 1.29 is 8.42 Å². The summed E-state index contributed by atoms with van der Waals surface area (Å²) in [4.78, 5) is 0.205. The van der Waals surface area contributed by atoms with Crippen LogP contribution >= 0.6 is 0 Å². The largest absolute Gasteiger partial charge is 0.387 e. The topological polar surface area (TPSA) is 76.0 Å². The number of para-hydroxylation sites is 1. The molecule has 0 fully saturated rings. The van der Waals surface area contributed by atoms with Crippen LogP contribution in [0.4, 0.5) is 11.5 Å². The molecule has 0 unspecified atom stereocenters. The third-order valence-electron chi connectivity index (χ3n) is 2.69. The summed E-state index contributed by atoms with van der Waals surface area (Å²) >= 11 is 0. The standard InChI is InChI=1S/C12H16N4O2S/c1-9-8-12(16(3)14-9)15-19(17,18)11-7-5-4-6-10(11)13-2/h4-8,13,15H,1-3H3. The number of benzene rings is 1. The summed E-state index contributed by atoms with van der Waals surface area (Å²) in [6, 6.07) is 8.41. The molecule has 0 saturated carbocycles. The first-order chi connectivity index (χ1) is 8.94. The number of hydrogen-bond acceptors (Lipinski definition) is 4. The highest BCUT2D eigenvalue weighted by molar-refractivity contribution is 7.92. The molecule has 0 aliphatic heterocycles. The SMILES string of the molecule is CNc1ccccc1S(=O)(=O)Nc1cc(C)nn1C. The molecule has 1 heterocycles. The van der Waals surface area contributed by atoms with Crippen molar-refractivity contribution in [2.45, 2.75) is 11.8 Å². The van der Waals surface area contributed by atoms with Gasteiger partial charge in [-0.15, -0.1) is 0 Å².